The van der Waals surface area contributed by atoms with Crippen molar-refractivity contribution in [2.45, 2.75) is 38.8 Å². The van der Waals surface area contributed by atoms with E-state index in [2.05, 4.69) is 20.7 Å². The van der Waals surface area contributed by atoms with Crippen LogP contribution in [0.4, 0.5) is 32.0 Å². The van der Waals surface area contributed by atoms with Gasteiger partial charge in [-0.1, -0.05) is 13.0 Å². The van der Waals surface area contributed by atoms with Crippen LogP contribution < -0.4 is 15.4 Å². The van der Waals surface area contributed by atoms with Gasteiger partial charge in [0.2, 0.25) is 11.7 Å². The van der Waals surface area contributed by atoms with E-state index in [4.69, 9.17) is 9.84 Å². The van der Waals surface area contributed by atoms with Gasteiger partial charge in [-0.2, -0.15) is 22.0 Å². The van der Waals surface area contributed by atoms with Crippen molar-refractivity contribution in [3.8, 4) is 17.1 Å². The van der Waals surface area contributed by atoms with Crippen LogP contribution in [0.25, 0.3) is 16.9 Å². The third-order valence-corrected chi connectivity index (χ3v) is 5.30. The van der Waals surface area contributed by atoms with Gasteiger partial charge in [-0.15, -0.1) is 5.10 Å². The lowest BCUT2D eigenvalue weighted by molar-refractivity contribution is -0.131. The van der Waals surface area contributed by atoms with E-state index in [-0.39, 0.29) is 23.5 Å². The first kappa shape index (κ1) is 28.8. The van der Waals surface area contributed by atoms with E-state index in [1.165, 1.54) is 10.7 Å². The average Bonchev–Trinajstić information content (AvgIpc) is 3.29. The molecule has 0 saturated heterocycles. The molecule has 0 aliphatic rings. The monoisotopic (exact) mass is 545 g/mol. The van der Waals surface area contributed by atoms with Gasteiger partial charge >= 0.3 is 12.1 Å². The van der Waals surface area contributed by atoms with Crippen molar-refractivity contribution in [3.63, 3.8) is 0 Å². The van der Waals surface area contributed by atoms with Gasteiger partial charge in [0.1, 0.15) is 12.9 Å². The lowest BCUT2D eigenvalue weighted by Crippen LogP contribution is -2.24. The lowest BCUT2D eigenvalue weighted by atomic mass is 10.0. The molecule has 3 rings (SSSR count). The normalized spacial score (nSPS) is 12.6. The Balaban J connectivity index is 2.03. The van der Waals surface area contributed by atoms with Crippen molar-refractivity contribution in [2.75, 3.05) is 25.0 Å². The Kier molecular flexibility index (Phi) is 8.86. The third kappa shape index (κ3) is 6.94. The van der Waals surface area contributed by atoms with Gasteiger partial charge in [0.25, 0.3) is 5.91 Å². The van der Waals surface area contributed by atoms with E-state index >= 15 is 0 Å². The fourth-order valence-corrected chi connectivity index (χ4v) is 3.35. The first-order valence-corrected chi connectivity index (χ1v) is 11.5. The number of hydrogen-bond donors (Lipinski definition) is 3. The maximum Gasteiger partial charge on any atom is 0.390 e. The van der Waals surface area contributed by atoms with Gasteiger partial charge < -0.3 is 20.5 Å². The molecule has 0 spiro atoms. The van der Waals surface area contributed by atoms with Crippen molar-refractivity contribution < 1.29 is 41.0 Å². The number of fused-ring (bicyclic) bond motifs is 1. The van der Waals surface area contributed by atoms with Crippen LogP contribution in [-0.4, -0.2) is 57.4 Å². The number of aryl methyl sites for hydroxylation is 1. The number of alkyl halides is 5. The Morgan fingerprint density at radius 1 is 1.18 bits per heavy atom. The Labute approximate surface area is 213 Å². The summed E-state index contributed by atoms with van der Waals surface area (Å²) < 4.78 is 84.5. The van der Waals surface area contributed by atoms with Gasteiger partial charge in [-0.25, -0.2) is 13.9 Å². The van der Waals surface area contributed by atoms with E-state index in [0.717, 1.165) is 12.5 Å². The molecule has 1 aromatic carbocycles. The number of amides is 1. The largest absolute Gasteiger partial charge is 0.442 e. The molecule has 14 heteroatoms. The van der Waals surface area contributed by atoms with Gasteiger partial charge in [0.05, 0.1) is 24.0 Å². The number of carbonyl (C=O) groups excluding carboxylic acids is 1. The number of benzene rings is 1. The highest BCUT2D eigenvalue weighted by atomic mass is 19.4. The molecule has 1 amide bonds. The molecule has 8 nitrogen and oxygen atoms in total. The van der Waals surface area contributed by atoms with Crippen LogP contribution >= 0.6 is 0 Å². The zero-order chi connectivity index (χ0) is 28.1. The maximum absolute atomic E-state index is 13.7. The van der Waals surface area contributed by atoms with Crippen molar-refractivity contribution in [3.05, 3.63) is 53.7 Å². The van der Waals surface area contributed by atoms with E-state index in [1.54, 1.807) is 25.1 Å². The molecule has 0 aliphatic heterocycles. The minimum atomic E-state index is -4.44. The maximum atomic E-state index is 13.7. The third-order valence-electron chi connectivity index (χ3n) is 5.30. The molecular formula is C24H25F6N5O3. The van der Waals surface area contributed by atoms with E-state index in [9.17, 15) is 31.1 Å². The molecule has 38 heavy (non-hydrogen) atoms. The van der Waals surface area contributed by atoms with Crippen LogP contribution in [0.5, 0.6) is 5.88 Å². The van der Waals surface area contributed by atoms with E-state index in [1.807, 2.05) is 6.92 Å². The number of nitrogens with zero attached hydrogens (tertiary/aromatic N) is 3. The fraction of sp³-hybridized carbons (Fsp3) is 0.375. The van der Waals surface area contributed by atoms with Gasteiger partial charge in [0.15, 0.2) is 5.65 Å². The number of aromatic nitrogens is 3. The second kappa shape index (κ2) is 11.7. The zero-order valence-electron chi connectivity index (χ0n) is 20.4. The fourth-order valence-electron chi connectivity index (χ4n) is 3.35. The molecule has 0 unspecified atom stereocenters. The van der Waals surface area contributed by atoms with E-state index < -0.39 is 43.4 Å². The molecular weight excluding hydrogens is 520 g/mol. The lowest BCUT2D eigenvalue weighted by Gasteiger charge is -2.13. The Hall–Kier alpha value is -3.81. The second-order valence-electron chi connectivity index (χ2n) is 8.30. The predicted molar refractivity (Wildman–Crippen MR) is 127 cm³/mol. The summed E-state index contributed by atoms with van der Waals surface area (Å²) in [6.07, 6.45) is -3.43. The highest BCUT2D eigenvalue weighted by Gasteiger charge is 2.35. The number of nitrogens with one attached hydrogen (secondary N) is 2. The number of hydrogen-bond acceptors (Lipinski definition) is 6. The van der Waals surface area contributed by atoms with Crippen LogP contribution in [-0.2, 0) is 0 Å². The number of anilines is 1. The molecule has 2 aromatic heterocycles. The first-order chi connectivity index (χ1) is 17.9. The van der Waals surface area contributed by atoms with Crippen LogP contribution in [0, 0.1) is 6.92 Å². The van der Waals surface area contributed by atoms with Crippen LogP contribution in [0.1, 0.15) is 35.7 Å². The summed E-state index contributed by atoms with van der Waals surface area (Å²) in [5.74, 6) is -6.97. The van der Waals surface area contributed by atoms with Crippen molar-refractivity contribution in [1.29, 1.82) is 0 Å². The van der Waals surface area contributed by atoms with E-state index in [0.29, 0.717) is 28.9 Å². The average molecular weight is 545 g/mol. The number of halogens is 6. The Morgan fingerprint density at radius 3 is 2.55 bits per heavy atom. The molecule has 3 N–H and O–H groups in total. The number of rotatable bonds is 11. The highest BCUT2D eigenvalue weighted by molar-refractivity contribution is 5.96. The molecule has 2 heterocycles. The molecule has 0 aliphatic carbocycles. The highest BCUT2D eigenvalue weighted by Crippen LogP contribution is 2.30. The van der Waals surface area contributed by atoms with Crippen LogP contribution in [0.3, 0.4) is 0 Å². The number of carbonyl (C=O) groups is 1. The zero-order valence-corrected chi connectivity index (χ0v) is 20.4. The smallest absolute Gasteiger partial charge is 0.390 e. The molecule has 0 bridgehead atoms. The molecule has 0 fully saturated rings. The minimum absolute atomic E-state index is 0.0144. The number of ether oxygens (including phenoxy) is 1. The predicted octanol–water partition coefficient (Wildman–Crippen LogP) is 5.03. The summed E-state index contributed by atoms with van der Waals surface area (Å²) in [6, 6.07) is 5.96. The molecule has 206 valence electrons. The Morgan fingerprint density at radius 2 is 1.92 bits per heavy atom. The van der Waals surface area contributed by atoms with Crippen LogP contribution in [0.15, 0.2) is 42.6 Å². The topological polar surface area (TPSA) is 101 Å². The minimum Gasteiger partial charge on any atom is -0.442 e. The molecule has 0 atom stereocenters. The van der Waals surface area contributed by atoms with Gasteiger partial charge in [-0.3, -0.25) is 4.79 Å². The van der Waals surface area contributed by atoms with Crippen LogP contribution in [0.2, 0.25) is 0 Å². The van der Waals surface area contributed by atoms with Gasteiger partial charge in [0, 0.05) is 30.3 Å². The number of aliphatic hydroxyl groups excluding tert-OH is 1. The Bertz CT molecular complexity index is 1320. The van der Waals surface area contributed by atoms with Crippen molar-refractivity contribution in [1.82, 2.24) is 19.9 Å². The quantitative estimate of drug-likeness (QED) is 0.231. The first-order valence-electron chi connectivity index (χ1n) is 11.5. The number of aliphatic hydroxyl groups is 1. The summed E-state index contributed by atoms with van der Waals surface area (Å²) in [5.41, 5.74) is 2.02. The standard InChI is InChI=1S/C24H25F6N5O3/c1-3-7-32-22(37)16-5-4-15(9-14(16)2)18-11-33-21-17(31-8-6-24(28,29)30)10-20(34-35(18)21)38-12-19(25)23(26,27)13-36/h4-5,9-12,31,36H,3,6-8,13H2,1-2H3,(H,32,37)/b19-12+. The molecule has 0 radical (unpaired) electrons. The number of imidazole rings is 1. The SMILES string of the molecule is CCCNC(=O)c1ccc(-c2cnc3c(NCCC(F)(F)F)cc(O/C=C(/F)C(F)(F)CO)nn23)cc1C. The second-order valence-corrected chi connectivity index (χ2v) is 8.30. The summed E-state index contributed by atoms with van der Waals surface area (Å²) in [5, 5.41) is 18.1. The molecule has 3 aromatic rings. The summed E-state index contributed by atoms with van der Waals surface area (Å²) in [6.45, 7) is 1.80. The van der Waals surface area contributed by atoms with Gasteiger partial charge in [-0.05, 0) is 31.0 Å². The summed E-state index contributed by atoms with van der Waals surface area (Å²) in [7, 11) is 0. The van der Waals surface area contributed by atoms with Crippen molar-refractivity contribution >= 4 is 17.2 Å². The summed E-state index contributed by atoms with van der Waals surface area (Å²) >= 11 is 0. The summed E-state index contributed by atoms with van der Waals surface area (Å²) in [4.78, 5) is 16.6. The molecule has 0 saturated carbocycles. The van der Waals surface area contributed by atoms with Crippen molar-refractivity contribution in [2.24, 2.45) is 0 Å².